The Labute approximate surface area is 107 Å². The maximum atomic E-state index is 6.09. The van der Waals surface area contributed by atoms with Gasteiger partial charge in [-0.25, -0.2) is 0 Å². The highest BCUT2D eigenvalue weighted by molar-refractivity contribution is 5.90. The number of fused-ring (bicyclic) bond motifs is 3. The molecule has 1 aliphatic rings. The highest BCUT2D eigenvalue weighted by atomic mass is 16.6. The van der Waals surface area contributed by atoms with Crippen molar-refractivity contribution in [2.75, 3.05) is 7.11 Å². The van der Waals surface area contributed by atoms with Gasteiger partial charge < -0.3 is 9.57 Å². The molecule has 0 saturated heterocycles. The van der Waals surface area contributed by atoms with E-state index in [0.29, 0.717) is 0 Å². The summed E-state index contributed by atoms with van der Waals surface area (Å²) in [6.07, 6.45) is 1.08. The zero-order valence-corrected chi connectivity index (χ0v) is 10.6. The monoisotopic (exact) mass is 243 g/mol. The molecule has 1 N–H and O–H groups in total. The normalized spacial score (nSPS) is 21.9. The molecule has 2 unspecified atom stereocenters. The summed E-state index contributed by atoms with van der Waals surface area (Å²) in [7, 11) is 1.64. The third kappa shape index (κ3) is 1.67. The quantitative estimate of drug-likeness (QED) is 0.840. The van der Waals surface area contributed by atoms with Crippen LogP contribution in [0.4, 0.5) is 0 Å². The Kier molecular flexibility index (Phi) is 2.94. The van der Waals surface area contributed by atoms with Gasteiger partial charge in [0.15, 0.2) is 0 Å². The lowest BCUT2D eigenvalue weighted by atomic mass is 9.99. The molecule has 0 bridgehead atoms. The van der Waals surface area contributed by atoms with Crippen molar-refractivity contribution in [3.05, 3.63) is 42.0 Å². The molecule has 0 amide bonds. The molecule has 0 fully saturated rings. The summed E-state index contributed by atoms with van der Waals surface area (Å²) >= 11 is 0. The SMILES string of the molecule is CCC1Oc2c(ccc3ccccc23)C1NOC. The molecule has 0 spiro atoms. The second-order valence-electron chi connectivity index (χ2n) is 4.57. The summed E-state index contributed by atoms with van der Waals surface area (Å²) in [5, 5.41) is 2.39. The summed E-state index contributed by atoms with van der Waals surface area (Å²) in [6.45, 7) is 2.13. The van der Waals surface area contributed by atoms with Crippen LogP contribution in [0.3, 0.4) is 0 Å². The van der Waals surface area contributed by atoms with Gasteiger partial charge in [0.05, 0.1) is 13.2 Å². The fourth-order valence-electron chi connectivity index (χ4n) is 2.64. The fraction of sp³-hybridized carbons (Fsp3) is 0.333. The summed E-state index contributed by atoms with van der Waals surface area (Å²) < 4.78 is 6.09. The van der Waals surface area contributed by atoms with E-state index in [2.05, 4.69) is 36.7 Å². The maximum absolute atomic E-state index is 6.09. The van der Waals surface area contributed by atoms with E-state index in [1.54, 1.807) is 7.11 Å². The number of nitrogens with one attached hydrogen (secondary N) is 1. The Morgan fingerprint density at radius 1 is 1.22 bits per heavy atom. The summed E-state index contributed by atoms with van der Waals surface area (Å²) in [5.41, 5.74) is 4.22. The van der Waals surface area contributed by atoms with Crippen molar-refractivity contribution in [2.45, 2.75) is 25.5 Å². The molecule has 0 saturated carbocycles. The molecule has 1 heterocycles. The molecule has 0 radical (unpaired) electrons. The van der Waals surface area contributed by atoms with Crippen molar-refractivity contribution in [3.8, 4) is 5.75 Å². The van der Waals surface area contributed by atoms with Crippen LogP contribution in [0.25, 0.3) is 10.8 Å². The number of hydrogen-bond acceptors (Lipinski definition) is 3. The highest BCUT2D eigenvalue weighted by Gasteiger charge is 2.34. The van der Waals surface area contributed by atoms with Crippen LogP contribution in [0.2, 0.25) is 0 Å². The second kappa shape index (κ2) is 4.59. The number of benzene rings is 2. The largest absolute Gasteiger partial charge is 0.487 e. The minimum Gasteiger partial charge on any atom is -0.487 e. The standard InChI is InChI=1S/C15H17NO2/c1-3-13-14(16-17-2)12-9-8-10-6-4-5-7-11(10)15(12)18-13/h4-9,13-14,16H,3H2,1-2H3. The van der Waals surface area contributed by atoms with Crippen LogP contribution in [0, 0.1) is 0 Å². The van der Waals surface area contributed by atoms with E-state index in [1.807, 2.05) is 12.1 Å². The first-order valence-corrected chi connectivity index (χ1v) is 6.32. The van der Waals surface area contributed by atoms with Crippen LogP contribution < -0.4 is 10.2 Å². The Bertz CT molecular complexity index is 567. The van der Waals surface area contributed by atoms with Gasteiger partial charge in [-0.2, -0.15) is 5.48 Å². The van der Waals surface area contributed by atoms with Crippen molar-refractivity contribution < 1.29 is 9.57 Å². The summed E-state index contributed by atoms with van der Waals surface area (Å²) in [4.78, 5) is 5.10. The molecule has 0 aliphatic carbocycles. The van der Waals surface area contributed by atoms with E-state index >= 15 is 0 Å². The van der Waals surface area contributed by atoms with Crippen molar-refractivity contribution in [2.24, 2.45) is 0 Å². The minimum atomic E-state index is 0.111. The fourth-order valence-corrected chi connectivity index (χ4v) is 2.64. The summed E-state index contributed by atoms with van der Waals surface area (Å²) in [6, 6.07) is 12.7. The van der Waals surface area contributed by atoms with Crippen molar-refractivity contribution in [1.82, 2.24) is 5.48 Å². The highest BCUT2D eigenvalue weighted by Crippen LogP contribution is 2.42. The third-order valence-electron chi connectivity index (χ3n) is 3.53. The molecule has 2 aromatic carbocycles. The van der Waals surface area contributed by atoms with Gasteiger partial charge in [-0.15, -0.1) is 0 Å². The Balaban J connectivity index is 2.14. The zero-order valence-electron chi connectivity index (χ0n) is 10.6. The second-order valence-corrected chi connectivity index (χ2v) is 4.57. The Morgan fingerprint density at radius 2 is 2.06 bits per heavy atom. The number of hydrogen-bond donors (Lipinski definition) is 1. The van der Waals surface area contributed by atoms with Gasteiger partial charge in [-0.05, 0) is 11.8 Å². The van der Waals surface area contributed by atoms with Gasteiger partial charge in [-0.1, -0.05) is 43.3 Å². The van der Waals surface area contributed by atoms with Gasteiger partial charge in [0.2, 0.25) is 0 Å². The number of ether oxygens (including phenoxy) is 1. The lowest BCUT2D eigenvalue weighted by Gasteiger charge is -2.17. The van der Waals surface area contributed by atoms with Crippen LogP contribution in [0.5, 0.6) is 5.75 Å². The van der Waals surface area contributed by atoms with Crippen LogP contribution in [-0.4, -0.2) is 13.2 Å². The maximum Gasteiger partial charge on any atom is 0.132 e. The average molecular weight is 243 g/mol. The van der Waals surface area contributed by atoms with Gasteiger partial charge in [0.25, 0.3) is 0 Å². The molecular formula is C15H17NO2. The third-order valence-corrected chi connectivity index (χ3v) is 3.53. The van der Waals surface area contributed by atoms with Crippen molar-refractivity contribution in [1.29, 1.82) is 0 Å². The zero-order chi connectivity index (χ0) is 12.5. The topological polar surface area (TPSA) is 30.5 Å². The molecule has 2 aromatic rings. The molecule has 18 heavy (non-hydrogen) atoms. The lowest BCUT2D eigenvalue weighted by Crippen LogP contribution is -2.29. The van der Waals surface area contributed by atoms with Gasteiger partial charge >= 0.3 is 0 Å². The smallest absolute Gasteiger partial charge is 0.132 e. The predicted octanol–water partition coefficient (Wildman–Crippen LogP) is 3.20. The van der Waals surface area contributed by atoms with E-state index in [9.17, 15) is 0 Å². The molecule has 2 atom stereocenters. The van der Waals surface area contributed by atoms with Crippen LogP contribution in [0.1, 0.15) is 24.9 Å². The Hall–Kier alpha value is -1.58. The van der Waals surface area contributed by atoms with Gasteiger partial charge in [0.1, 0.15) is 11.9 Å². The average Bonchev–Trinajstić information content (AvgIpc) is 2.78. The van der Waals surface area contributed by atoms with Crippen molar-refractivity contribution >= 4 is 10.8 Å². The molecule has 0 aromatic heterocycles. The first kappa shape index (κ1) is 11.5. The number of rotatable bonds is 3. The van der Waals surface area contributed by atoms with Crippen molar-refractivity contribution in [3.63, 3.8) is 0 Å². The van der Waals surface area contributed by atoms with E-state index < -0.39 is 0 Å². The number of hydroxylamine groups is 1. The molecule has 3 nitrogen and oxygen atoms in total. The first-order valence-electron chi connectivity index (χ1n) is 6.32. The van der Waals surface area contributed by atoms with E-state index in [1.165, 1.54) is 16.3 Å². The molecule has 3 heteroatoms. The lowest BCUT2D eigenvalue weighted by molar-refractivity contribution is 0.0285. The van der Waals surface area contributed by atoms with Gasteiger partial charge in [0, 0.05) is 10.9 Å². The molecule has 94 valence electrons. The van der Waals surface area contributed by atoms with E-state index in [-0.39, 0.29) is 12.1 Å². The Morgan fingerprint density at radius 3 is 2.83 bits per heavy atom. The van der Waals surface area contributed by atoms with Crippen LogP contribution >= 0.6 is 0 Å². The van der Waals surface area contributed by atoms with E-state index in [0.717, 1.165) is 12.2 Å². The minimum absolute atomic E-state index is 0.111. The molecular weight excluding hydrogens is 226 g/mol. The summed E-state index contributed by atoms with van der Waals surface area (Å²) in [5.74, 6) is 0.995. The molecule has 3 rings (SSSR count). The van der Waals surface area contributed by atoms with Crippen LogP contribution in [0.15, 0.2) is 36.4 Å². The van der Waals surface area contributed by atoms with Crippen LogP contribution in [-0.2, 0) is 4.84 Å². The van der Waals surface area contributed by atoms with Gasteiger partial charge in [-0.3, -0.25) is 0 Å². The molecule has 1 aliphatic heterocycles. The predicted molar refractivity (Wildman–Crippen MR) is 71.5 cm³/mol. The first-order chi connectivity index (χ1) is 8.85. The van der Waals surface area contributed by atoms with E-state index in [4.69, 9.17) is 9.57 Å².